The van der Waals surface area contributed by atoms with E-state index in [0.29, 0.717) is 19.0 Å². The molecule has 0 saturated carbocycles. The summed E-state index contributed by atoms with van der Waals surface area (Å²) in [5.41, 5.74) is 0.931. The molecule has 1 amide bonds. The Hall–Kier alpha value is -2.15. The number of halogens is 1. The number of hydrogen-bond donors (Lipinski definition) is 1. The maximum Gasteiger partial charge on any atom is 0.243 e. The van der Waals surface area contributed by atoms with Crippen LogP contribution in [0.2, 0.25) is 0 Å². The number of hydrogen-bond acceptors (Lipinski definition) is 3. The van der Waals surface area contributed by atoms with Crippen LogP contribution in [-0.2, 0) is 9.53 Å². The Balaban J connectivity index is 2.20. The summed E-state index contributed by atoms with van der Waals surface area (Å²) in [4.78, 5) is 20.2. The Morgan fingerprint density at radius 3 is 2.63 bits per heavy atom. The SMILES string of the molecule is CCC(C)NC(=NCC(=O)N(C)C)N1CC(C)OC(c2ccc(F)cc2)C1. The van der Waals surface area contributed by atoms with Gasteiger partial charge in [-0.25, -0.2) is 9.38 Å². The molecule has 3 unspecified atom stereocenters. The number of guanidine groups is 1. The number of ether oxygens (including phenoxy) is 1. The standard InChI is InChI=1S/C20H31FN4O2/c1-6-14(2)23-20(22-11-19(26)24(4)5)25-12-15(3)27-18(13-25)16-7-9-17(21)10-8-16/h7-10,14-15,18H,6,11-13H2,1-5H3,(H,22,23). The smallest absolute Gasteiger partial charge is 0.243 e. The lowest BCUT2D eigenvalue weighted by Crippen LogP contribution is -2.52. The van der Waals surface area contributed by atoms with E-state index >= 15 is 0 Å². The zero-order valence-electron chi connectivity index (χ0n) is 16.9. The molecular weight excluding hydrogens is 347 g/mol. The number of aliphatic imine (C=N–C) groups is 1. The summed E-state index contributed by atoms with van der Waals surface area (Å²) in [6.07, 6.45) is 0.757. The molecule has 1 saturated heterocycles. The number of rotatable bonds is 5. The van der Waals surface area contributed by atoms with Gasteiger partial charge in [-0.3, -0.25) is 4.79 Å². The van der Waals surface area contributed by atoms with E-state index in [4.69, 9.17) is 4.74 Å². The molecule has 1 fully saturated rings. The maximum atomic E-state index is 13.2. The molecule has 0 aromatic heterocycles. The molecule has 0 bridgehead atoms. The summed E-state index contributed by atoms with van der Waals surface area (Å²) in [6.45, 7) is 7.56. The van der Waals surface area contributed by atoms with E-state index in [-0.39, 0.29) is 36.5 Å². The second kappa shape index (κ2) is 9.69. The molecule has 1 N–H and O–H groups in total. The van der Waals surface area contributed by atoms with Crippen molar-refractivity contribution in [3.05, 3.63) is 35.6 Å². The van der Waals surface area contributed by atoms with Crippen LogP contribution in [0.4, 0.5) is 4.39 Å². The van der Waals surface area contributed by atoms with Gasteiger partial charge >= 0.3 is 0 Å². The number of amides is 1. The summed E-state index contributed by atoms with van der Waals surface area (Å²) in [6, 6.07) is 6.64. The summed E-state index contributed by atoms with van der Waals surface area (Å²) in [7, 11) is 3.45. The van der Waals surface area contributed by atoms with Gasteiger partial charge in [-0.2, -0.15) is 0 Å². The van der Waals surface area contributed by atoms with Crippen molar-refractivity contribution in [2.75, 3.05) is 33.7 Å². The second-order valence-corrected chi connectivity index (χ2v) is 7.27. The highest BCUT2D eigenvalue weighted by atomic mass is 19.1. The summed E-state index contributed by atoms with van der Waals surface area (Å²) >= 11 is 0. The molecule has 0 radical (unpaired) electrons. The number of benzene rings is 1. The van der Waals surface area contributed by atoms with Crippen LogP contribution in [0.15, 0.2) is 29.3 Å². The fourth-order valence-electron chi connectivity index (χ4n) is 2.83. The van der Waals surface area contributed by atoms with E-state index in [1.165, 1.54) is 17.0 Å². The molecular formula is C20H31FN4O2. The molecule has 1 aliphatic heterocycles. The lowest BCUT2D eigenvalue weighted by atomic mass is 10.1. The van der Waals surface area contributed by atoms with Crippen molar-refractivity contribution in [3.63, 3.8) is 0 Å². The van der Waals surface area contributed by atoms with Gasteiger partial charge in [0.2, 0.25) is 5.91 Å². The number of likely N-dealkylation sites (N-methyl/N-ethyl adjacent to an activating group) is 1. The van der Waals surface area contributed by atoms with Crippen molar-refractivity contribution in [3.8, 4) is 0 Å². The molecule has 2 rings (SSSR count). The van der Waals surface area contributed by atoms with E-state index in [2.05, 4.69) is 29.1 Å². The van der Waals surface area contributed by atoms with Gasteiger partial charge in [0.05, 0.1) is 12.6 Å². The Labute approximate surface area is 161 Å². The Morgan fingerprint density at radius 2 is 2.04 bits per heavy atom. The van der Waals surface area contributed by atoms with E-state index in [0.717, 1.165) is 12.0 Å². The molecule has 27 heavy (non-hydrogen) atoms. The van der Waals surface area contributed by atoms with Crippen LogP contribution in [-0.4, -0.2) is 67.5 Å². The maximum absolute atomic E-state index is 13.2. The van der Waals surface area contributed by atoms with Gasteiger partial charge in [0.25, 0.3) is 0 Å². The molecule has 3 atom stereocenters. The molecule has 0 aliphatic carbocycles. The molecule has 1 heterocycles. The normalized spacial score (nSPS) is 21.7. The number of carbonyl (C=O) groups is 1. The van der Waals surface area contributed by atoms with Crippen LogP contribution in [0.3, 0.4) is 0 Å². The van der Waals surface area contributed by atoms with Gasteiger partial charge in [-0.15, -0.1) is 0 Å². The van der Waals surface area contributed by atoms with Crippen LogP contribution in [0, 0.1) is 5.82 Å². The average Bonchev–Trinajstić information content (AvgIpc) is 2.64. The van der Waals surface area contributed by atoms with Crippen molar-refractivity contribution >= 4 is 11.9 Å². The minimum atomic E-state index is -0.262. The van der Waals surface area contributed by atoms with Crippen molar-refractivity contribution in [2.45, 2.75) is 45.4 Å². The van der Waals surface area contributed by atoms with Crippen LogP contribution in [0.25, 0.3) is 0 Å². The minimum absolute atomic E-state index is 0.0118. The lowest BCUT2D eigenvalue weighted by Gasteiger charge is -2.39. The highest BCUT2D eigenvalue weighted by Gasteiger charge is 2.29. The van der Waals surface area contributed by atoms with E-state index in [1.807, 2.05) is 6.92 Å². The van der Waals surface area contributed by atoms with E-state index in [1.54, 1.807) is 26.2 Å². The largest absolute Gasteiger partial charge is 0.367 e. The Bertz CT molecular complexity index is 648. The number of morpholine rings is 1. The van der Waals surface area contributed by atoms with Gasteiger partial charge < -0.3 is 19.9 Å². The third-order valence-electron chi connectivity index (χ3n) is 4.65. The van der Waals surface area contributed by atoms with Gasteiger partial charge in [0.15, 0.2) is 5.96 Å². The molecule has 1 aromatic rings. The van der Waals surface area contributed by atoms with Crippen molar-refractivity contribution in [1.29, 1.82) is 0 Å². The molecule has 7 heteroatoms. The van der Waals surface area contributed by atoms with Crippen molar-refractivity contribution < 1.29 is 13.9 Å². The highest BCUT2D eigenvalue weighted by molar-refractivity contribution is 5.85. The lowest BCUT2D eigenvalue weighted by molar-refractivity contribution is -0.127. The zero-order valence-corrected chi connectivity index (χ0v) is 16.9. The first kappa shape index (κ1) is 21.2. The zero-order chi connectivity index (χ0) is 20.0. The third-order valence-corrected chi connectivity index (χ3v) is 4.65. The van der Waals surface area contributed by atoms with Crippen LogP contribution < -0.4 is 5.32 Å². The molecule has 150 valence electrons. The van der Waals surface area contributed by atoms with Crippen LogP contribution in [0.5, 0.6) is 0 Å². The fourth-order valence-corrected chi connectivity index (χ4v) is 2.83. The monoisotopic (exact) mass is 378 g/mol. The molecule has 0 spiro atoms. The summed E-state index contributed by atoms with van der Waals surface area (Å²) < 4.78 is 19.3. The van der Waals surface area contributed by atoms with Gasteiger partial charge in [0.1, 0.15) is 18.5 Å². The summed E-state index contributed by atoms with van der Waals surface area (Å²) in [5, 5.41) is 3.42. The Kier molecular flexibility index (Phi) is 7.59. The average molecular weight is 378 g/mol. The van der Waals surface area contributed by atoms with E-state index < -0.39 is 0 Å². The predicted molar refractivity (Wildman–Crippen MR) is 105 cm³/mol. The Morgan fingerprint density at radius 1 is 1.37 bits per heavy atom. The van der Waals surface area contributed by atoms with Crippen LogP contribution >= 0.6 is 0 Å². The predicted octanol–water partition coefficient (Wildman–Crippen LogP) is 2.42. The number of nitrogens with one attached hydrogen (secondary N) is 1. The van der Waals surface area contributed by atoms with Gasteiger partial charge in [-0.05, 0) is 38.0 Å². The quantitative estimate of drug-likeness (QED) is 0.632. The van der Waals surface area contributed by atoms with Gasteiger partial charge in [0, 0.05) is 26.7 Å². The molecule has 1 aromatic carbocycles. The highest BCUT2D eigenvalue weighted by Crippen LogP contribution is 2.25. The number of nitrogens with zero attached hydrogens (tertiary/aromatic N) is 3. The minimum Gasteiger partial charge on any atom is -0.367 e. The number of carbonyl (C=O) groups excluding carboxylic acids is 1. The van der Waals surface area contributed by atoms with E-state index in [9.17, 15) is 9.18 Å². The molecule has 1 aliphatic rings. The first-order valence-corrected chi connectivity index (χ1v) is 9.47. The fraction of sp³-hybridized carbons (Fsp3) is 0.600. The summed E-state index contributed by atoms with van der Waals surface area (Å²) in [5.74, 6) is 0.402. The third kappa shape index (κ3) is 6.20. The van der Waals surface area contributed by atoms with Gasteiger partial charge in [-0.1, -0.05) is 19.1 Å². The molecule has 6 nitrogen and oxygen atoms in total. The van der Waals surface area contributed by atoms with Crippen LogP contribution in [0.1, 0.15) is 38.9 Å². The van der Waals surface area contributed by atoms with Crippen molar-refractivity contribution in [2.24, 2.45) is 4.99 Å². The van der Waals surface area contributed by atoms with Crippen molar-refractivity contribution in [1.82, 2.24) is 15.1 Å². The first-order chi connectivity index (χ1) is 12.8. The first-order valence-electron chi connectivity index (χ1n) is 9.47. The second-order valence-electron chi connectivity index (χ2n) is 7.27. The topological polar surface area (TPSA) is 57.2 Å².